The van der Waals surface area contributed by atoms with Gasteiger partial charge in [0.1, 0.15) is 5.82 Å². The van der Waals surface area contributed by atoms with Gasteiger partial charge in [-0.2, -0.15) is 0 Å². The Morgan fingerprint density at radius 1 is 1.35 bits per heavy atom. The summed E-state index contributed by atoms with van der Waals surface area (Å²) in [5, 5.41) is 3.50. The molecule has 1 aromatic rings. The Balaban J connectivity index is 1.71. The van der Waals surface area contributed by atoms with Crippen molar-refractivity contribution in [3.05, 3.63) is 35.6 Å². The smallest absolute Gasteiger partial charge is 0.123 e. The van der Waals surface area contributed by atoms with Crippen LogP contribution in [-0.2, 0) is 6.54 Å². The topological polar surface area (TPSA) is 15.3 Å². The number of benzene rings is 1. The first kappa shape index (κ1) is 15.5. The number of piperidine rings is 1. The maximum atomic E-state index is 12.9. The van der Waals surface area contributed by atoms with Crippen LogP contribution in [0.25, 0.3) is 0 Å². The van der Waals surface area contributed by atoms with Crippen molar-refractivity contribution in [1.29, 1.82) is 0 Å². The molecule has 20 heavy (non-hydrogen) atoms. The molecule has 0 saturated carbocycles. The number of hydrogen-bond donors (Lipinski definition) is 1. The van der Waals surface area contributed by atoms with Gasteiger partial charge in [0.15, 0.2) is 0 Å². The second-order valence-electron chi connectivity index (χ2n) is 6.24. The molecule has 2 unspecified atom stereocenters. The molecule has 0 bridgehead atoms. The standard InChI is InChI=1S/C17H27FN2/c1-14(16-4-3-10-19-12-16)9-11-20(2)13-15-5-7-17(18)8-6-15/h5-8,14,16,19H,3-4,9-13H2,1-2H3. The molecule has 2 rings (SSSR count). The molecule has 2 nitrogen and oxygen atoms in total. The molecule has 0 spiro atoms. The van der Waals surface area contributed by atoms with Crippen LogP contribution in [0.15, 0.2) is 24.3 Å². The van der Waals surface area contributed by atoms with Crippen LogP contribution in [-0.4, -0.2) is 31.6 Å². The van der Waals surface area contributed by atoms with Crippen molar-refractivity contribution in [3.8, 4) is 0 Å². The molecule has 1 aliphatic heterocycles. The SMILES string of the molecule is CC(CCN(C)Cc1ccc(F)cc1)C1CCCNC1. The van der Waals surface area contributed by atoms with Crippen LogP contribution in [0, 0.1) is 17.7 Å². The van der Waals surface area contributed by atoms with E-state index in [1.807, 2.05) is 12.1 Å². The lowest BCUT2D eigenvalue weighted by atomic mass is 9.85. The summed E-state index contributed by atoms with van der Waals surface area (Å²) in [5.41, 5.74) is 1.18. The van der Waals surface area contributed by atoms with Gasteiger partial charge in [0.25, 0.3) is 0 Å². The lowest BCUT2D eigenvalue weighted by Crippen LogP contribution is -2.34. The monoisotopic (exact) mass is 278 g/mol. The van der Waals surface area contributed by atoms with Gasteiger partial charge in [-0.05, 0) is 75.5 Å². The Bertz CT molecular complexity index is 384. The summed E-state index contributed by atoms with van der Waals surface area (Å²) in [5.74, 6) is 1.45. The highest BCUT2D eigenvalue weighted by atomic mass is 19.1. The molecule has 1 heterocycles. The molecule has 0 aromatic heterocycles. The summed E-state index contributed by atoms with van der Waals surface area (Å²) in [6.07, 6.45) is 3.93. The number of hydrogen-bond acceptors (Lipinski definition) is 2. The quantitative estimate of drug-likeness (QED) is 0.859. The van der Waals surface area contributed by atoms with E-state index in [0.717, 1.165) is 24.9 Å². The minimum absolute atomic E-state index is 0.158. The molecule has 0 radical (unpaired) electrons. The van der Waals surface area contributed by atoms with Gasteiger partial charge in [0, 0.05) is 6.54 Å². The van der Waals surface area contributed by atoms with E-state index in [4.69, 9.17) is 0 Å². The fraction of sp³-hybridized carbons (Fsp3) is 0.647. The maximum Gasteiger partial charge on any atom is 0.123 e. The van der Waals surface area contributed by atoms with Gasteiger partial charge in [-0.15, -0.1) is 0 Å². The van der Waals surface area contributed by atoms with Crippen LogP contribution in [0.3, 0.4) is 0 Å². The van der Waals surface area contributed by atoms with Crippen LogP contribution < -0.4 is 5.32 Å². The average Bonchev–Trinajstić information content (AvgIpc) is 2.48. The van der Waals surface area contributed by atoms with Gasteiger partial charge in [-0.25, -0.2) is 4.39 Å². The molecule has 3 heteroatoms. The number of nitrogens with zero attached hydrogens (tertiary/aromatic N) is 1. The van der Waals surface area contributed by atoms with Crippen molar-refractivity contribution in [2.24, 2.45) is 11.8 Å². The Kier molecular flexibility index (Phi) is 5.99. The highest BCUT2D eigenvalue weighted by molar-refractivity contribution is 5.15. The molecular formula is C17H27FN2. The van der Waals surface area contributed by atoms with Gasteiger partial charge < -0.3 is 10.2 Å². The number of halogens is 1. The van der Waals surface area contributed by atoms with Crippen LogP contribution in [0.2, 0.25) is 0 Å². The number of rotatable bonds is 6. The second-order valence-corrected chi connectivity index (χ2v) is 6.24. The predicted molar refractivity (Wildman–Crippen MR) is 82.1 cm³/mol. The van der Waals surface area contributed by atoms with E-state index in [-0.39, 0.29) is 5.82 Å². The van der Waals surface area contributed by atoms with Crippen LogP contribution in [0.1, 0.15) is 31.7 Å². The lowest BCUT2D eigenvalue weighted by molar-refractivity contribution is 0.229. The predicted octanol–water partition coefficient (Wildman–Crippen LogP) is 3.28. The summed E-state index contributed by atoms with van der Waals surface area (Å²) < 4.78 is 12.9. The zero-order valence-electron chi connectivity index (χ0n) is 12.7. The van der Waals surface area contributed by atoms with E-state index in [2.05, 4.69) is 24.2 Å². The summed E-state index contributed by atoms with van der Waals surface area (Å²) in [6, 6.07) is 6.83. The molecule has 1 aromatic carbocycles. The van der Waals surface area contributed by atoms with Crippen molar-refractivity contribution < 1.29 is 4.39 Å². The van der Waals surface area contributed by atoms with E-state index < -0.39 is 0 Å². The Morgan fingerprint density at radius 3 is 2.75 bits per heavy atom. The third-order valence-corrected chi connectivity index (χ3v) is 4.47. The van der Waals surface area contributed by atoms with Gasteiger partial charge in [0.2, 0.25) is 0 Å². The molecule has 112 valence electrons. The van der Waals surface area contributed by atoms with Crippen molar-refractivity contribution >= 4 is 0 Å². The lowest BCUT2D eigenvalue weighted by Gasteiger charge is -2.29. The first-order valence-electron chi connectivity index (χ1n) is 7.79. The number of nitrogens with one attached hydrogen (secondary N) is 1. The molecule has 1 aliphatic rings. The van der Waals surface area contributed by atoms with Crippen LogP contribution >= 0.6 is 0 Å². The minimum atomic E-state index is -0.158. The van der Waals surface area contributed by atoms with Crippen molar-refractivity contribution in [2.45, 2.75) is 32.7 Å². The van der Waals surface area contributed by atoms with E-state index in [9.17, 15) is 4.39 Å². The zero-order chi connectivity index (χ0) is 14.4. The maximum absolute atomic E-state index is 12.9. The first-order valence-corrected chi connectivity index (χ1v) is 7.79. The van der Waals surface area contributed by atoms with Gasteiger partial charge in [-0.1, -0.05) is 19.1 Å². The largest absolute Gasteiger partial charge is 0.316 e. The summed E-state index contributed by atoms with van der Waals surface area (Å²) >= 11 is 0. The molecule has 1 fully saturated rings. The van der Waals surface area contributed by atoms with Crippen molar-refractivity contribution in [2.75, 3.05) is 26.7 Å². The summed E-state index contributed by atoms with van der Waals surface area (Å²) in [6.45, 7) is 6.75. The van der Waals surface area contributed by atoms with E-state index in [1.165, 1.54) is 37.9 Å². The highest BCUT2D eigenvalue weighted by Gasteiger charge is 2.19. The second kappa shape index (κ2) is 7.75. The Labute approximate surface area is 122 Å². The van der Waals surface area contributed by atoms with Gasteiger partial charge in [0.05, 0.1) is 0 Å². The molecule has 0 amide bonds. The summed E-state index contributed by atoms with van der Waals surface area (Å²) in [4.78, 5) is 2.33. The molecule has 1 N–H and O–H groups in total. The van der Waals surface area contributed by atoms with E-state index in [1.54, 1.807) is 12.1 Å². The van der Waals surface area contributed by atoms with Gasteiger partial charge in [-0.3, -0.25) is 0 Å². The van der Waals surface area contributed by atoms with E-state index >= 15 is 0 Å². The molecule has 2 atom stereocenters. The van der Waals surface area contributed by atoms with Gasteiger partial charge >= 0.3 is 0 Å². The fourth-order valence-corrected chi connectivity index (χ4v) is 3.00. The highest BCUT2D eigenvalue weighted by Crippen LogP contribution is 2.22. The molecular weight excluding hydrogens is 251 g/mol. The molecule has 1 saturated heterocycles. The minimum Gasteiger partial charge on any atom is -0.316 e. The van der Waals surface area contributed by atoms with Crippen LogP contribution in [0.5, 0.6) is 0 Å². The Hall–Kier alpha value is -0.930. The van der Waals surface area contributed by atoms with Crippen LogP contribution in [0.4, 0.5) is 4.39 Å². The Morgan fingerprint density at radius 2 is 2.10 bits per heavy atom. The molecule has 0 aliphatic carbocycles. The normalized spacial score (nSPS) is 21.1. The third kappa shape index (κ3) is 4.88. The zero-order valence-corrected chi connectivity index (χ0v) is 12.7. The van der Waals surface area contributed by atoms with Crippen molar-refractivity contribution in [3.63, 3.8) is 0 Å². The fourth-order valence-electron chi connectivity index (χ4n) is 3.00. The third-order valence-electron chi connectivity index (χ3n) is 4.47. The first-order chi connectivity index (χ1) is 9.65. The van der Waals surface area contributed by atoms with E-state index in [0.29, 0.717) is 0 Å². The average molecular weight is 278 g/mol. The summed E-state index contributed by atoms with van der Waals surface area (Å²) in [7, 11) is 2.15. The van der Waals surface area contributed by atoms with Crippen molar-refractivity contribution in [1.82, 2.24) is 10.2 Å².